The standard InChI is InChI=1S/C27H32N4O3S/c1-30(2)27(34)23-17-31(15-20-11-7-4-8-12-20)16-22(25(23)32)26(33)28-14-21-18-35-24(29-21)13-19-9-5-3-6-10-19/h3,5-6,9-10,16-18,20H,4,7-8,11-15H2,1-2H3,(H,28,33). The van der Waals surface area contributed by atoms with Gasteiger partial charge in [-0.15, -0.1) is 11.3 Å². The van der Waals surface area contributed by atoms with Crippen molar-refractivity contribution < 1.29 is 9.59 Å². The molecular weight excluding hydrogens is 460 g/mol. The minimum atomic E-state index is -0.538. The second-order valence-corrected chi connectivity index (χ2v) is 10.3. The molecule has 35 heavy (non-hydrogen) atoms. The molecule has 1 saturated carbocycles. The van der Waals surface area contributed by atoms with Crippen molar-refractivity contribution in [2.24, 2.45) is 5.92 Å². The number of hydrogen-bond acceptors (Lipinski definition) is 5. The third-order valence-electron chi connectivity index (χ3n) is 6.38. The molecule has 2 amide bonds. The summed E-state index contributed by atoms with van der Waals surface area (Å²) in [7, 11) is 3.21. The second-order valence-electron chi connectivity index (χ2n) is 9.39. The van der Waals surface area contributed by atoms with Gasteiger partial charge in [0.2, 0.25) is 5.43 Å². The lowest BCUT2D eigenvalue weighted by atomic mass is 9.89. The Balaban J connectivity index is 1.49. The first-order valence-corrected chi connectivity index (χ1v) is 13.0. The van der Waals surface area contributed by atoms with Gasteiger partial charge in [0.1, 0.15) is 11.1 Å². The molecule has 0 spiro atoms. The molecule has 1 aliphatic carbocycles. The smallest absolute Gasteiger partial charge is 0.258 e. The van der Waals surface area contributed by atoms with E-state index in [1.54, 1.807) is 37.8 Å². The van der Waals surface area contributed by atoms with E-state index >= 15 is 0 Å². The summed E-state index contributed by atoms with van der Waals surface area (Å²) in [6.07, 6.45) is 9.83. The summed E-state index contributed by atoms with van der Waals surface area (Å²) in [5.41, 5.74) is 1.41. The zero-order valence-electron chi connectivity index (χ0n) is 20.3. The fourth-order valence-corrected chi connectivity index (χ4v) is 5.34. The lowest BCUT2D eigenvalue weighted by molar-refractivity contribution is 0.0825. The first-order chi connectivity index (χ1) is 16.9. The van der Waals surface area contributed by atoms with Crippen molar-refractivity contribution >= 4 is 23.2 Å². The number of hydrogen-bond donors (Lipinski definition) is 1. The largest absolute Gasteiger partial charge is 0.352 e. The van der Waals surface area contributed by atoms with E-state index in [2.05, 4.69) is 22.4 Å². The summed E-state index contributed by atoms with van der Waals surface area (Å²) in [5, 5.41) is 5.72. The zero-order valence-corrected chi connectivity index (χ0v) is 21.1. The Morgan fingerprint density at radius 3 is 2.51 bits per heavy atom. The third-order valence-corrected chi connectivity index (χ3v) is 7.28. The van der Waals surface area contributed by atoms with Crippen LogP contribution in [0.15, 0.2) is 52.9 Å². The lowest BCUT2D eigenvalue weighted by Crippen LogP contribution is -2.35. The van der Waals surface area contributed by atoms with E-state index in [0.29, 0.717) is 12.5 Å². The summed E-state index contributed by atoms with van der Waals surface area (Å²) in [5.74, 6) is -0.395. The molecule has 0 saturated heterocycles. The normalized spacial score (nSPS) is 14.0. The Morgan fingerprint density at radius 1 is 1.09 bits per heavy atom. The van der Waals surface area contributed by atoms with E-state index in [0.717, 1.165) is 30.0 Å². The Morgan fingerprint density at radius 2 is 1.80 bits per heavy atom. The highest BCUT2D eigenvalue weighted by Crippen LogP contribution is 2.25. The molecule has 1 N–H and O–H groups in total. The number of carbonyl (C=O) groups excluding carboxylic acids is 2. The van der Waals surface area contributed by atoms with Gasteiger partial charge in [-0.2, -0.15) is 0 Å². The number of rotatable bonds is 8. The number of nitrogens with one attached hydrogen (secondary N) is 1. The second kappa shape index (κ2) is 11.4. The highest BCUT2D eigenvalue weighted by Gasteiger charge is 2.22. The van der Waals surface area contributed by atoms with E-state index in [4.69, 9.17) is 0 Å². The number of benzene rings is 1. The van der Waals surface area contributed by atoms with Gasteiger partial charge in [0.15, 0.2) is 0 Å². The van der Waals surface area contributed by atoms with Crippen molar-refractivity contribution in [3.63, 3.8) is 0 Å². The molecule has 1 aromatic carbocycles. The SMILES string of the molecule is CN(C)C(=O)c1cn(CC2CCCCC2)cc(C(=O)NCc2csc(Cc3ccccc3)n2)c1=O. The Kier molecular flexibility index (Phi) is 8.13. The topological polar surface area (TPSA) is 84.3 Å². The van der Waals surface area contributed by atoms with Crippen LogP contribution in [-0.4, -0.2) is 40.4 Å². The Hall–Kier alpha value is -3.26. The van der Waals surface area contributed by atoms with Crippen molar-refractivity contribution in [2.75, 3.05) is 14.1 Å². The third kappa shape index (κ3) is 6.45. The molecular formula is C27H32N4O3S. The molecule has 8 heteroatoms. The number of aromatic nitrogens is 2. The number of carbonyl (C=O) groups is 2. The summed E-state index contributed by atoms with van der Waals surface area (Å²) in [6, 6.07) is 10.1. The van der Waals surface area contributed by atoms with E-state index in [9.17, 15) is 14.4 Å². The van der Waals surface area contributed by atoms with Gasteiger partial charge in [0, 0.05) is 44.8 Å². The predicted molar refractivity (Wildman–Crippen MR) is 138 cm³/mol. The highest BCUT2D eigenvalue weighted by atomic mass is 32.1. The fraction of sp³-hybridized carbons (Fsp3) is 0.407. The molecule has 2 aromatic heterocycles. The van der Waals surface area contributed by atoms with Crippen LogP contribution in [0.5, 0.6) is 0 Å². The van der Waals surface area contributed by atoms with Gasteiger partial charge in [-0.05, 0) is 24.3 Å². The lowest BCUT2D eigenvalue weighted by Gasteiger charge is -2.23. The van der Waals surface area contributed by atoms with Crippen LogP contribution in [0.4, 0.5) is 0 Å². The van der Waals surface area contributed by atoms with Gasteiger partial charge in [-0.25, -0.2) is 4.98 Å². The van der Waals surface area contributed by atoms with Crippen LogP contribution in [0.2, 0.25) is 0 Å². The molecule has 0 aliphatic heterocycles. The van der Waals surface area contributed by atoms with Crippen LogP contribution < -0.4 is 10.7 Å². The molecule has 184 valence electrons. The van der Waals surface area contributed by atoms with Crippen LogP contribution in [0.3, 0.4) is 0 Å². The molecule has 7 nitrogen and oxygen atoms in total. The van der Waals surface area contributed by atoms with Crippen LogP contribution in [0.25, 0.3) is 0 Å². The van der Waals surface area contributed by atoms with E-state index in [1.807, 2.05) is 28.1 Å². The van der Waals surface area contributed by atoms with Crippen LogP contribution in [0, 0.1) is 5.92 Å². The maximum Gasteiger partial charge on any atom is 0.258 e. The van der Waals surface area contributed by atoms with Crippen molar-refractivity contribution in [1.29, 1.82) is 0 Å². The average Bonchev–Trinajstić information content (AvgIpc) is 3.31. The molecule has 0 bridgehead atoms. The summed E-state index contributed by atoms with van der Waals surface area (Å²) in [6.45, 7) is 0.918. The van der Waals surface area contributed by atoms with Gasteiger partial charge >= 0.3 is 0 Å². The summed E-state index contributed by atoms with van der Waals surface area (Å²) >= 11 is 1.55. The molecule has 1 fully saturated rings. The number of amides is 2. The summed E-state index contributed by atoms with van der Waals surface area (Å²) in [4.78, 5) is 44.8. The predicted octanol–water partition coefficient (Wildman–Crippen LogP) is 4.11. The first kappa shape index (κ1) is 24.9. The van der Waals surface area contributed by atoms with Gasteiger partial charge in [0.05, 0.1) is 17.2 Å². The van der Waals surface area contributed by atoms with Crippen molar-refractivity contribution in [1.82, 2.24) is 19.8 Å². The van der Waals surface area contributed by atoms with Gasteiger partial charge in [0.25, 0.3) is 11.8 Å². The first-order valence-electron chi connectivity index (χ1n) is 12.1. The average molecular weight is 493 g/mol. The van der Waals surface area contributed by atoms with Crippen molar-refractivity contribution in [2.45, 2.75) is 51.6 Å². The maximum atomic E-state index is 13.1. The van der Waals surface area contributed by atoms with Crippen LogP contribution in [0.1, 0.15) is 69.1 Å². The minimum Gasteiger partial charge on any atom is -0.352 e. The maximum absolute atomic E-state index is 13.1. The molecule has 2 heterocycles. The summed E-state index contributed by atoms with van der Waals surface area (Å²) < 4.78 is 1.85. The fourth-order valence-electron chi connectivity index (χ4n) is 4.51. The van der Waals surface area contributed by atoms with Crippen LogP contribution in [-0.2, 0) is 19.5 Å². The molecule has 4 rings (SSSR count). The minimum absolute atomic E-state index is 0.00625. The van der Waals surface area contributed by atoms with E-state index in [1.165, 1.54) is 29.7 Å². The number of pyridine rings is 1. The molecule has 0 radical (unpaired) electrons. The molecule has 0 unspecified atom stereocenters. The molecule has 3 aromatic rings. The van der Waals surface area contributed by atoms with Crippen LogP contribution >= 0.6 is 11.3 Å². The molecule has 1 aliphatic rings. The van der Waals surface area contributed by atoms with E-state index in [-0.39, 0.29) is 17.7 Å². The zero-order chi connectivity index (χ0) is 24.8. The highest BCUT2D eigenvalue weighted by molar-refractivity contribution is 7.09. The number of nitrogens with zero attached hydrogens (tertiary/aromatic N) is 3. The van der Waals surface area contributed by atoms with Crippen molar-refractivity contribution in [3.8, 4) is 0 Å². The van der Waals surface area contributed by atoms with Gasteiger partial charge in [-0.1, -0.05) is 49.6 Å². The van der Waals surface area contributed by atoms with Gasteiger partial charge < -0.3 is 14.8 Å². The van der Waals surface area contributed by atoms with E-state index < -0.39 is 17.2 Å². The van der Waals surface area contributed by atoms with Crippen molar-refractivity contribution in [3.05, 3.63) is 85.7 Å². The monoisotopic (exact) mass is 492 g/mol. The Bertz CT molecular complexity index is 1230. The van der Waals surface area contributed by atoms with Gasteiger partial charge in [-0.3, -0.25) is 14.4 Å². The quantitative estimate of drug-likeness (QED) is 0.513. The Labute approximate surface area is 209 Å². The number of thiazole rings is 1. The molecule has 0 atom stereocenters.